The number of esters is 1. The van der Waals surface area contributed by atoms with Gasteiger partial charge in [0.25, 0.3) is 5.91 Å². The van der Waals surface area contributed by atoms with Crippen LogP contribution >= 0.6 is 0 Å². The normalized spacial score (nSPS) is 15.3. The van der Waals surface area contributed by atoms with Crippen LogP contribution in [0.3, 0.4) is 0 Å². The average Bonchev–Trinajstić information content (AvgIpc) is 3.07. The predicted molar refractivity (Wildman–Crippen MR) is 106 cm³/mol. The number of ketones is 2. The summed E-state index contributed by atoms with van der Waals surface area (Å²) in [5, 5.41) is 12.1. The Hall–Kier alpha value is -3.78. The van der Waals surface area contributed by atoms with E-state index in [0.29, 0.717) is 5.56 Å². The number of amides is 1. The lowest BCUT2D eigenvalue weighted by atomic mass is 9.83. The monoisotopic (exact) mass is 406 g/mol. The van der Waals surface area contributed by atoms with Crippen LogP contribution in [-0.4, -0.2) is 60.3 Å². The second-order valence-corrected chi connectivity index (χ2v) is 6.85. The Bertz CT molecular complexity index is 1130. The van der Waals surface area contributed by atoms with Gasteiger partial charge in [-0.25, -0.2) is 4.79 Å². The van der Waals surface area contributed by atoms with E-state index in [1.165, 1.54) is 12.0 Å². The summed E-state index contributed by atoms with van der Waals surface area (Å²) in [4.78, 5) is 52.3. The van der Waals surface area contributed by atoms with Crippen LogP contribution < -0.4 is 5.32 Å². The first-order chi connectivity index (χ1) is 14.5. The van der Waals surface area contributed by atoms with E-state index in [0.717, 1.165) is 0 Å². The molecule has 2 aromatic carbocycles. The van der Waals surface area contributed by atoms with Crippen molar-refractivity contribution in [3.05, 3.63) is 76.0 Å². The number of ether oxygens (including phenoxy) is 1. The quantitative estimate of drug-likeness (QED) is 0.611. The largest absolute Gasteiger partial charge is 0.466 e. The Morgan fingerprint density at radius 3 is 2.37 bits per heavy atom. The lowest BCUT2D eigenvalue weighted by Gasteiger charge is -2.21. The molecule has 2 aromatic rings. The van der Waals surface area contributed by atoms with Gasteiger partial charge in [-0.05, 0) is 6.07 Å². The molecule has 0 radical (unpaired) electrons. The highest BCUT2D eigenvalue weighted by molar-refractivity contribution is 6.30. The van der Waals surface area contributed by atoms with Crippen molar-refractivity contribution in [2.24, 2.45) is 0 Å². The molecule has 0 aromatic heterocycles. The van der Waals surface area contributed by atoms with E-state index in [1.807, 2.05) is 0 Å². The fraction of sp³-hybridized carbons (Fsp3) is 0.182. The van der Waals surface area contributed by atoms with Crippen molar-refractivity contribution >= 4 is 29.1 Å². The highest BCUT2D eigenvalue weighted by Crippen LogP contribution is 2.33. The molecule has 1 amide bonds. The van der Waals surface area contributed by atoms with Crippen LogP contribution in [-0.2, 0) is 14.3 Å². The summed E-state index contributed by atoms with van der Waals surface area (Å²) < 4.78 is 4.77. The number of hydrogen-bond acceptors (Lipinski definition) is 7. The second kappa shape index (κ2) is 7.57. The summed E-state index contributed by atoms with van der Waals surface area (Å²) in [6.07, 6.45) is 0. The number of hydrogen-bond donors (Lipinski definition) is 2. The maximum absolute atomic E-state index is 13.1. The van der Waals surface area contributed by atoms with Crippen molar-refractivity contribution in [1.29, 1.82) is 0 Å². The van der Waals surface area contributed by atoms with Crippen molar-refractivity contribution in [3.63, 3.8) is 0 Å². The number of nitrogens with zero attached hydrogens (tertiary/aromatic N) is 1. The van der Waals surface area contributed by atoms with Gasteiger partial charge >= 0.3 is 5.97 Å². The number of carbonyl (C=O) groups is 4. The summed E-state index contributed by atoms with van der Waals surface area (Å²) in [5.74, 6) is -1.83. The maximum atomic E-state index is 13.1. The number of benzene rings is 2. The molecule has 0 fully saturated rings. The molecule has 8 nitrogen and oxygen atoms in total. The maximum Gasteiger partial charge on any atom is 0.337 e. The number of methoxy groups -OCH3 is 1. The van der Waals surface area contributed by atoms with Crippen molar-refractivity contribution in [3.8, 4) is 0 Å². The number of rotatable bonds is 5. The number of aliphatic hydroxyl groups excluding tert-OH is 1. The van der Waals surface area contributed by atoms with Gasteiger partial charge in [0.15, 0.2) is 11.6 Å². The average molecular weight is 406 g/mol. The molecule has 30 heavy (non-hydrogen) atoms. The van der Waals surface area contributed by atoms with Gasteiger partial charge in [-0.3, -0.25) is 14.4 Å². The van der Waals surface area contributed by atoms with Crippen molar-refractivity contribution in [2.45, 2.75) is 0 Å². The van der Waals surface area contributed by atoms with Crippen LogP contribution in [0.1, 0.15) is 31.8 Å². The molecule has 8 heteroatoms. The van der Waals surface area contributed by atoms with Gasteiger partial charge in [-0.1, -0.05) is 36.4 Å². The Balaban J connectivity index is 1.80. The standard InChI is InChI=1S/C22H18N2O6/c1-30-22(29)15-11-24(9-10-25)21(28)18(15)23-16-8-4-7-14-17(16)20(27)13-6-3-2-5-12(13)19(14)26/h2-8,23,25H,9-11H2,1H3. The highest BCUT2D eigenvalue weighted by atomic mass is 16.5. The molecular weight excluding hydrogens is 388 g/mol. The van der Waals surface area contributed by atoms with Crippen LogP contribution in [0.2, 0.25) is 0 Å². The first-order valence-corrected chi connectivity index (χ1v) is 9.28. The second-order valence-electron chi connectivity index (χ2n) is 6.85. The Morgan fingerprint density at radius 1 is 1.03 bits per heavy atom. The molecule has 4 rings (SSSR count). The van der Waals surface area contributed by atoms with E-state index in [4.69, 9.17) is 4.74 Å². The summed E-state index contributed by atoms with van der Waals surface area (Å²) in [6, 6.07) is 11.3. The van der Waals surface area contributed by atoms with Crippen LogP contribution in [0.4, 0.5) is 5.69 Å². The summed E-state index contributed by atoms with van der Waals surface area (Å²) >= 11 is 0. The van der Waals surface area contributed by atoms with Gasteiger partial charge < -0.3 is 20.1 Å². The fourth-order valence-corrected chi connectivity index (χ4v) is 3.73. The van der Waals surface area contributed by atoms with Gasteiger partial charge in [-0.2, -0.15) is 0 Å². The van der Waals surface area contributed by atoms with Crippen LogP contribution in [0.25, 0.3) is 0 Å². The number of β-amino-alcohol motifs (C(OH)–C–C–N with tert-alkyl or cyclic N) is 1. The van der Waals surface area contributed by atoms with Crippen molar-refractivity contribution in [2.75, 3.05) is 32.1 Å². The summed E-state index contributed by atoms with van der Waals surface area (Å²) in [6.45, 7) is -0.251. The Labute approximate surface area is 171 Å². The van der Waals surface area contributed by atoms with E-state index in [9.17, 15) is 24.3 Å². The van der Waals surface area contributed by atoms with E-state index < -0.39 is 11.9 Å². The van der Waals surface area contributed by atoms with E-state index >= 15 is 0 Å². The number of fused-ring (bicyclic) bond motifs is 2. The third-order valence-corrected chi connectivity index (χ3v) is 5.17. The van der Waals surface area contributed by atoms with E-state index in [1.54, 1.807) is 42.5 Å². The van der Waals surface area contributed by atoms with Crippen molar-refractivity contribution in [1.82, 2.24) is 4.90 Å². The molecule has 2 N–H and O–H groups in total. The van der Waals surface area contributed by atoms with Gasteiger partial charge in [-0.15, -0.1) is 0 Å². The molecule has 0 unspecified atom stereocenters. The number of carbonyl (C=O) groups excluding carboxylic acids is 4. The zero-order valence-corrected chi connectivity index (χ0v) is 16.1. The molecule has 0 saturated carbocycles. The molecule has 152 valence electrons. The van der Waals surface area contributed by atoms with Crippen LogP contribution in [0.5, 0.6) is 0 Å². The molecule has 0 bridgehead atoms. The Morgan fingerprint density at radius 2 is 1.70 bits per heavy atom. The molecule has 2 aliphatic rings. The first-order valence-electron chi connectivity index (χ1n) is 9.28. The van der Waals surface area contributed by atoms with Gasteiger partial charge in [0.2, 0.25) is 0 Å². The number of anilines is 1. The molecule has 1 aliphatic heterocycles. The van der Waals surface area contributed by atoms with Gasteiger partial charge in [0.1, 0.15) is 5.70 Å². The minimum absolute atomic E-state index is 0.0286. The van der Waals surface area contributed by atoms with Crippen molar-refractivity contribution < 1.29 is 29.0 Å². The molecule has 0 atom stereocenters. The van der Waals surface area contributed by atoms with Gasteiger partial charge in [0, 0.05) is 23.2 Å². The van der Waals surface area contributed by atoms with Crippen LogP contribution in [0, 0.1) is 0 Å². The predicted octanol–water partition coefficient (Wildman–Crippen LogP) is 1.14. The van der Waals surface area contributed by atoms with Crippen LogP contribution in [0.15, 0.2) is 53.7 Å². The SMILES string of the molecule is COC(=O)C1=C(Nc2cccc3c2C(=O)c2ccccc2C3=O)C(=O)N(CCO)C1. The zero-order valence-electron chi connectivity index (χ0n) is 16.1. The number of nitrogens with one attached hydrogen (secondary N) is 1. The molecule has 1 aliphatic carbocycles. The lowest BCUT2D eigenvalue weighted by molar-refractivity contribution is -0.136. The third kappa shape index (κ3) is 2.98. The first kappa shape index (κ1) is 19.5. The third-order valence-electron chi connectivity index (χ3n) is 5.17. The highest BCUT2D eigenvalue weighted by Gasteiger charge is 2.36. The number of aliphatic hydroxyl groups is 1. The topological polar surface area (TPSA) is 113 Å². The fourth-order valence-electron chi connectivity index (χ4n) is 3.73. The lowest BCUT2D eigenvalue weighted by Crippen LogP contribution is -2.31. The van der Waals surface area contributed by atoms with E-state index in [2.05, 4.69) is 5.32 Å². The molecule has 0 spiro atoms. The minimum atomic E-state index is -0.691. The molecular formula is C22H18N2O6. The smallest absolute Gasteiger partial charge is 0.337 e. The molecule has 1 heterocycles. The zero-order chi connectivity index (χ0) is 21.4. The Kier molecular flexibility index (Phi) is 4.93. The molecule has 0 saturated heterocycles. The van der Waals surface area contributed by atoms with Gasteiger partial charge in [0.05, 0.1) is 37.1 Å². The van der Waals surface area contributed by atoms with E-state index in [-0.39, 0.29) is 64.9 Å². The summed E-state index contributed by atoms with van der Waals surface area (Å²) in [7, 11) is 1.20. The minimum Gasteiger partial charge on any atom is -0.466 e. The summed E-state index contributed by atoms with van der Waals surface area (Å²) in [5.41, 5.74) is 1.27.